The third kappa shape index (κ3) is 3.27. The van der Waals surface area contributed by atoms with Gasteiger partial charge in [0, 0.05) is 12.2 Å². The van der Waals surface area contributed by atoms with E-state index in [1.165, 1.54) is 11.3 Å². The van der Waals surface area contributed by atoms with E-state index < -0.39 is 0 Å². The van der Waals surface area contributed by atoms with E-state index in [4.69, 9.17) is 5.73 Å². The number of aryl methyl sites for hydroxylation is 1. The van der Waals surface area contributed by atoms with Gasteiger partial charge in [0.15, 0.2) is 5.13 Å². The van der Waals surface area contributed by atoms with Crippen molar-refractivity contribution in [3.8, 4) is 0 Å². The molecule has 2 aromatic rings. The van der Waals surface area contributed by atoms with Crippen LogP contribution in [0.5, 0.6) is 0 Å². The lowest BCUT2D eigenvalue weighted by molar-refractivity contribution is 0.103. The number of nitrogens with two attached hydrogens (primary N) is 1. The highest BCUT2D eigenvalue weighted by atomic mass is 32.1. The first-order valence-electron chi connectivity index (χ1n) is 6.49. The molecule has 0 spiro atoms. The number of rotatable bonds is 5. The molecular formula is C14H18N4OS. The number of para-hydroxylation sites is 1. The number of aromatic nitrogens is 1. The topological polar surface area (TPSA) is 80.0 Å². The Morgan fingerprint density at radius 1 is 1.40 bits per heavy atom. The average Bonchev–Trinajstić information content (AvgIpc) is 2.80. The van der Waals surface area contributed by atoms with E-state index in [1.54, 1.807) is 0 Å². The molecule has 0 aliphatic carbocycles. The first kappa shape index (κ1) is 14.3. The maximum atomic E-state index is 12.2. The number of amides is 1. The minimum atomic E-state index is -0.223. The third-order valence-electron chi connectivity index (χ3n) is 2.78. The molecule has 0 fully saturated rings. The maximum absolute atomic E-state index is 12.2. The second kappa shape index (κ2) is 6.38. The summed E-state index contributed by atoms with van der Waals surface area (Å²) in [5.74, 6) is 0.0403. The summed E-state index contributed by atoms with van der Waals surface area (Å²) in [5, 5.41) is 6.67. The van der Waals surface area contributed by atoms with Gasteiger partial charge in [-0.2, -0.15) is 0 Å². The minimum Gasteiger partial charge on any atom is -0.382 e. The molecule has 0 atom stereocenters. The largest absolute Gasteiger partial charge is 0.382 e. The lowest BCUT2D eigenvalue weighted by Crippen LogP contribution is -2.12. The number of carbonyl (C=O) groups excluding carboxylic acids is 1. The summed E-state index contributed by atoms with van der Waals surface area (Å²) < 4.78 is 0. The molecule has 5 nitrogen and oxygen atoms in total. The van der Waals surface area contributed by atoms with Crippen LogP contribution in [0.3, 0.4) is 0 Å². The van der Waals surface area contributed by atoms with Gasteiger partial charge in [-0.15, -0.1) is 0 Å². The van der Waals surface area contributed by atoms with Crippen molar-refractivity contribution < 1.29 is 4.79 Å². The van der Waals surface area contributed by atoms with Gasteiger partial charge in [0.05, 0.1) is 0 Å². The minimum absolute atomic E-state index is 0.223. The van der Waals surface area contributed by atoms with Crippen LogP contribution in [0.1, 0.15) is 28.6 Å². The Balaban J connectivity index is 2.13. The summed E-state index contributed by atoms with van der Waals surface area (Å²) in [6.45, 7) is 4.82. The molecule has 0 unspecified atom stereocenters. The van der Waals surface area contributed by atoms with Crippen molar-refractivity contribution in [2.45, 2.75) is 20.3 Å². The molecule has 2 rings (SSSR count). The fraction of sp³-hybridized carbons (Fsp3) is 0.286. The van der Waals surface area contributed by atoms with Crippen LogP contribution in [0.25, 0.3) is 0 Å². The molecule has 20 heavy (non-hydrogen) atoms. The van der Waals surface area contributed by atoms with Crippen molar-refractivity contribution in [1.82, 2.24) is 4.98 Å². The summed E-state index contributed by atoms with van der Waals surface area (Å²) in [6, 6.07) is 7.62. The van der Waals surface area contributed by atoms with Crippen molar-refractivity contribution >= 4 is 33.9 Å². The van der Waals surface area contributed by atoms with E-state index in [0.29, 0.717) is 10.0 Å². The number of nitrogens with zero attached hydrogens (tertiary/aromatic N) is 1. The lowest BCUT2D eigenvalue weighted by Gasteiger charge is -2.06. The second-order valence-electron chi connectivity index (χ2n) is 4.43. The highest BCUT2D eigenvalue weighted by molar-refractivity contribution is 7.18. The summed E-state index contributed by atoms with van der Waals surface area (Å²) in [5.41, 5.74) is 7.60. The van der Waals surface area contributed by atoms with Crippen molar-refractivity contribution in [2.75, 3.05) is 22.9 Å². The second-order valence-corrected chi connectivity index (χ2v) is 5.43. The number of nitrogens with one attached hydrogen (secondary N) is 2. The lowest BCUT2D eigenvalue weighted by atomic mass is 10.2. The zero-order valence-electron chi connectivity index (χ0n) is 11.6. The van der Waals surface area contributed by atoms with Crippen molar-refractivity contribution in [3.63, 3.8) is 0 Å². The van der Waals surface area contributed by atoms with Gasteiger partial charge in [0.2, 0.25) is 0 Å². The predicted molar refractivity (Wildman–Crippen MR) is 84.4 cm³/mol. The molecule has 106 valence electrons. The van der Waals surface area contributed by atoms with Gasteiger partial charge in [-0.1, -0.05) is 36.5 Å². The number of thiazole rings is 1. The molecule has 4 N–H and O–H groups in total. The highest BCUT2D eigenvalue weighted by Crippen LogP contribution is 2.26. The highest BCUT2D eigenvalue weighted by Gasteiger charge is 2.16. The Labute approximate surface area is 122 Å². The predicted octanol–water partition coefficient (Wildman–Crippen LogP) is 3.11. The van der Waals surface area contributed by atoms with Crippen LogP contribution in [0, 0.1) is 6.92 Å². The molecule has 0 aliphatic heterocycles. The van der Waals surface area contributed by atoms with Crippen LogP contribution < -0.4 is 16.4 Å². The molecule has 1 heterocycles. The first-order chi connectivity index (χ1) is 9.61. The molecule has 1 amide bonds. The average molecular weight is 290 g/mol. The zero-order valence-corrected chi connectivity index (χ0v) is 12.4. The van der Waals surface area contributed by atoms with E-state index in [-0.39, 0.29) is 11.7 Å². The SMILES string of the molecule is CCCNc1nc(N)c(C(=O)Nc2ccccc2C)s1. The zero-order chi connectivity index (χ0) is 14.5. The van der Waals surface area contributed by atoms with Gasteiger partial charge in [-0.3, -0.25) is 4.79 Å². The first-order valence-corrected chi connectivity index (χ1v) is 7.30. The van der Waals surface area contributed by atoms with E-state index in [1.807, 2.05) is 31.2 Å². The summed E-state index contributed by atoms with van der Waals surface area (Å²) in [6.07, 6.45) is 0.990. The molecule has 1 aromatic heterocycles. The number of nitrogen functional groups attached to an aromatic ring is 1. The van der Waals surface area contributed by atoms with Crippen molar-refractivity contribution in [1.29, 1.82) is 0 Å². The number of anilines is 3. The number of hydrogen-bond acceptors (Lipinski definition) is 5. The van der Waals surface area contributed by atoms with Gasteiger partial charge >= 0.3 is 0 Å². The van der Waals surface area contributed by atoms with Crippen LogP contribution in [0.4, 0.5) is 16.6 Å². The fourth-order valence-corrected chi connectivity index (χ4v) is 2.50. The molecule has 0 bridgehead atoms. The van der Waals surface area contributed by atoms with Crippen LogP contribution >= 0.6 is 11.3 Å². The van der Waals surface area contributed by atoms with Gasteiger partial charge < -0.3 is 16.4 Å². The van der Waals surface area contributed by atoms with Gasteiger partial charge in [0.25, 0.3) is 5.91 Å². The number of hydrogen-bond donors (Lipinski definition) is 3. The van der Waals surface area contributed by atoms with Crippen molar-refractivity contribution in [3.05, 3.63) is 34.7 Å². The Hall–Kier alpha value is -2.08. The number of benzene rings is 1. The van der Waals surface area contributed by atoms with Crippen LogP contribution in [0.2, 0.25) is 0 Å². The molecule has 0 radical (unpaired) electrons. The standard InChI is InChI=1S/C14H18N4OS/c1-3-8-16-14-18-12(15)11(20-14)13(19)17-10-7-5-4-6-9(10)2/h4-7H,3,8,15H2,1-2H3,(H,16,18)(H,17,19). The van der Waals surface area contributed by atoms with Gasteiger partial charge in [-0.05, 0) is 25.0 Å². The van der Waals surface area contributed by atoms with Crippen LogP contribution in [-0.4, -0.2) is 17.4 Å². The Bertz CT molecular complexity index is 609. The van der Waals surface area contributed by atoms with Gasteiger partial charge in [-0.25, -0.2) is 4.98 Å². The van der Waals surface area contributed by atoms with E-state index in [9.17, 15) is 4.79 Å². The van der Waals surface area contributed by atoms with E-state index in [2.05, 4.69) is 22.5 Å². The Morgan fingerprint density at radius 3 is 2.85 bits per heavy atom. The van der Waals surface area contributed by atoms with Gasteiger partial charge in [0.1, 0.15) is 10.7 Å². The third-order valence-corrected chi connectivity index (χ3v) is 3.81. The summed E-state index contributed by atoms with van der Waals surface area (Å²) in [7, 11) is 0. The molecule has 0 saturated heterocycles. The quantitative estimate of drug-likeness (QED) is 0.790. The van der Waals surface area contributed by atoms with E-state index in [0.717, 1.165) is 24.2 Å². The molecule has 0 aliphatic rings. The molecule has 6 heteroatoms. The number of carbonyl (C=O) groups is 1. The smallest absolute Gasteiger partial charge is 0.269 e. The monoisotopic (exact) mass is 290 g/mol. The fourth-order valence-electron chi connectivity index (χ4n) is 1.69. The summed E-state index contributed by atoms with van der Waals surface area (Å²) >= 11 is 1.27. The van der Waals surface area contributed by atoms with Crippen LogP contribution in [0.15, 0.2) is 24.3 Å². The molecule has 1 aromatic carbocycles. The Kier molecular flexibility index (Phi) is 4.57. The molecule has 0 saturated carbocycles. The van der Waals surface area contributed by atoms with Crippen LogP contribution in [-0.2, 0) is 0 Å². The summed E-state index contributed by atoms with van der Waals surface area (Å²) in [4.78, 5) is 16.8. The van der Waals surface area contributed by atoms with Crippen molar-refractivity contribution in [2.24, 2.45) is 0 Å². The normalized spacial score (nSPS) is 10.3. The van der Waals surface area contributed by atoms with E-state index >= 15 is 0 Å². The molecular weight excluding hydrogens is 272 g/mol. The Morgan fingerprint density at radius 2 is 2.15 bits per heavy atom. The maximum Gasteiger partial charge on any atom is 0.269 e.